The topological polar surface area (TPSA) is 47.0 Å². The van der Waals surface area contributed by atoms with Crippen molar-refractivity contribution in [2.75, 3.05) is 18.5 Å². The first-order valence-electron chi connectivity index (χ1n) is 7.36. The number of aryl methyl sites for hydroxylation is 1. The molecule has 0 radical (unpaired) electrons. The molecule has 19 heavy (non-hydrogen) atoms. The van der Waals surface area contributed by atoms with Crippen LogP contribution in [-0.2, 0) is 23.2 Å². The van der Waals surface area contributed by atoms with E-state index in [1.54, 1.807) is 0 Å². The maximum atomic E-state index is 5.78. The zero-order valence-electron chi connectivity index (χ0n) is 12.5. The van der Waals surface area contributed by atoms with Gasteiger partial charge in [-0.3, -0.25) is 0 Å². The summed E-state index contributed by atoms with van der Waals surface area (Å²) in [7, 11) is 0. The molecule has 1 aliphatic carbocycles. The van der Waals surface area contributed by atoms with Crippen LogP contribution in [0.25, 0.3) is 0 Å². The first-order valence-corrected chi connectivity index (χ1v) is 7.36. The van der Waals surface area contributed by atoms with Crippen molar-refractivity contribution in [3.05, 3.63) is 17.1 Å². The molecule has 0 fully saturated rings. The smallest absolute Gasteiger partial charge is 0.162 e. The molecule has 0 aromatic carbocycles. The number of hydrogen-bond acceptors (Lipinski definition) is 4. The van der Waals surface area contributed by atoms with E-state index in [4.69, 9.17) is 14.7 Å². The minimum absolute atomic E-state index is 0.422. The number of nitrogens with one attached hydrogen (secondary N) is 1. The number of hydrogen-bond donors (Lipinski definition) is 1. The quantitative estimate of drug-likeness (QED) is 0.857. The van der Waals surface area contributed by atoms with Gasteiger partial charge in [0.2, 0.25) is 0 Å². The molecule has 106 valence electrons. The van der Waals surface area contributed by atoms with Gasteiger partial charge in [-0.15, -0.1) is 0 Å². The average Bonchev–Trinajstić information content (AvgIpc) is 2.84. The van der Waals surface area contributed by atoms with Crippen LogP contribution in [-0.4, -0.2) is 23.1 Å². The second-order valence-corrected chi connectivity index (χ2v) is 5.54. The summed E-state index contributed by atoms with van der Waals surface area (Å²) >= 11 is 0. The van der Waals surface area contributed by atoms with Crippen molar-refractivity contribution in [3.8, 4) is 0 Å². The predicted molar refractivity (Wildman–Crippen MR) is 77.5 cm³/mol. The van der Waals surface area contributed by atoms with E-state index in [9.17, 15) is 0 Å². The van der Waals surface area contributed by atoms with E-state index < -0.39 is 5.60 Å². The molecule has 1 aromatic rings. The Kier molecular flexibility index (Phi) is 4.40. The summed E-state index contributed by atoms with van der Waals surface area (Å²) in [5, 5.41) is 3.44. The fourth-order valence-electron chi connectivity index (χ4n) is 2.52. The Morgan fingerprint density at radius 2 is 2.00 bits per heavy atom. The summed E-state index contributed by atoms with van der Waals surface area (Å²) < 4.78 is 5.78. The zero-order valence-corrected chi connectivity index (χ0v) is 12.5. The van der Waals surface area contributed by atoms with Crippen LogP contribution in [0.15, 0.2) is 0 Å². The van der Waals surface area contributed by atoms with Gasteiger partial charge in [-0.1, -0.05) is 6.92 Å². The maximum Gasteiger partial charge on any atom is 0.162 e. The molecule has 0 unspecified atom stereocenters. The summed E-state index contributed by atoms with van der Waals surface area (Å²) in [6.45, 7) is 9.88. The van der Waals surface area contributed by atoms with Crippen LogP contribution in [0, 0.1) is 0 Å². The molecule has 0 saturated carbocycles. The van der Waals surface area contributed by atoms with E-state index in [0.29, 0.717) is 6.61 Å². The molecular formula is C15H25N3O. The monoisotopic (exact) mass is 263 g/mol. The normalized spacial score (nSPS) is 14.5. The Balaban J connectivity index is 2.35. The number of anilines is 1. The molecule has 1 aliphatic rings. The van der Waals surface area contributed by atoms with Gasteiger partial charge >= 0.3 is 0 Å². The van der Waals surface area contributed by atoms with Crippen molar-refractivity contribution in [1.82, 2.24) is 9.97 Å². The van der Waals surface area contributed by atoms with Gasteiger partial charge in [0.05, 0.1) is 0 Å². The molecule has 2 rings (SSSR count). The van der Waals surface area contributed by atoms with Crippen LogP contribution >= 0.6 is 0 Å². The number of nitrogens with zero attached hydrogens (tertiary/aromatic N) is 2. The Hall–Kier alpha value is -1.16. The molecule has 0 atom stereocenters. The summed E-state index contributed by atoms with van der Waals surface area (Å²) in [5.41, 5.74) is 2.09. The third kappa shape index (κ3) is 3.06. The van der Waals surface area contributed by atoms with Gasteiger partial charge in [0.1, 0.15) is 11.4 Å². The fourth-order valence-corrected chi connectivity index (χ4v) is 2.52. The largest absolute Gasteiger partial charge is 0.370 e. The third-order valence-corrected chi connectivity index (χ3v) is 3.52. The van der Waals surface area contributed by atoms with E-state index in [0.717, 1.165) is 37.4 Å². The minimum Gasteiger partial charge on any atom is -0.370 e. The van der Waals surface area contributed by atoms with Gasteiger partial charge in [0.15, 0.2) is 5.82 Å². The maximum absolute atomic E-state index is 5.78. The third-order valence-electron chi connectivity index (χ3n) is 3.52. The second kappa shape index (κ2) is 5.87. The van der Waals surface area contributed by atoms with E-state index in [2.05, 4.69) is 12.2 Å². The highest BCUT2D eigenvalue weighted by atomic mass is 16.5. The Bertz CT molecular complexity index is 443. The van der Waals surface area contributed by atoms with E-state index in [-0.39, 0.29) is 0 Å². The van der Waals surface area contributed by atoms with E-state index >= 15 is 0 Å². The number of rotatable bonds is 6. The van der Waals surface area contributed by atoms with Crippen LogP contribution < -0.4 is 5.32 Å². The van der Waals surface area contributed by atoms with Gasteiger partial charge in [-0.2, -0.15) is 0 Å². The SMILES string of the molecule is CCCNc1nc(C(C)(C)OCC)nc2c1CCC2. The number of ether oxygens (including phenoxy) is 1. The van der Waals surface area contributed by atoms with Crippen LogP contribution in [0.4, 0.5) is 5.82 Å². The molecule has 0 amide bonds. The molecule has 0 saturated heterocycles. The van der Waals surface area contributed by atoms with Crippen LogP contribution in [0.1, 0.15) is 57.6 Å². The molecule has 1 N–H and O–H groups in total. The van der Waals surface area contributed by atoms with Crippen molar-refractivity contribution < 1.29 is 4.74 Å². The van der Waals surface area contributed by atoms with Gasteiger partial charge < -0.3 is 10.1 Å². The lowest BCUT2D eigenvalue weighted by Crippen LogP contribution is -2.26. The average molecular weight is 263 g/mol. The lowest BCUT2D eigenvalue weighted by Gasteiger charge is -2.24. The molecule has 1 aromatic heterocycles. The zero-order chi connectivity index (χ0) is 13.9. The standard InChI is InChI=1S/C15H25N3O/c1-5-10-16-13-11-8-7-9-12(11)17-14(18-13)15(3,4)19-6-2/h5-10H2,1-4H3,(H,16,17,18). The molecule has 0 bridgehead atoms. The highest BCUT2D eigenvalue weighted by Gasteiger charge is 2.28. The molecule has 0 aliphatic heterocycles. The van der Waals surface area contributed by atoms with Crippen molar-refractivity contribution in [2.45, 2.75) is 59.0 Å². The number of aromatic nitrogens is 2. The van der Waals surface area contributed by atoms with Crippen molar-refractivity contribution >= 4 is 5.82 Å². The molecule has 0 spiro atoms. The first-order chi connectivity index (χ1) is 9.08. The second-order valence-electron chi connectivity index (χ2n) is 5.54. The van der Waals surface area contributed by atoms with Gasteiger partial charge in [0.25, 0.3) is 0 Å². The van der Waals surface area contributed by atoms with Gasteiger partial charge in [-0.25, -0.2) is 9.97 Å². The lowest BCUT2D eigenvalue weighted by atomic mass is 10.1. The van der Waals surface area contributed by atoms with Crippen LogP contribution in [0.5, 0.6) is 0 Å². The fraction of sp³-hybridized carbons (Fsp3) is 0.733. The van der Waals surface area contributed by atoms with E-state index in [1.165, 1.54) is 17.7 Å². The lowest BCUT2D eigenvalue weighted by molar-refractivity contribution is -0.0208. The minimum atomic E-state index is -0.422. The van der Waals surface area contributed by atoms with Crippen molar-refractivity contribution in [3.63, 3.8) is 0 Å². The Labute approximate surface area is 116 Å². The highest BCUT2D eigenvalue weighted by Crippen LogP contribution is 2.30. The first kappa shape index (κ1) is 14.3. The van der Waals surface area contributed by atoms with Gasteiger partial charge in [0, 0.05) is 24.4 Å². The molecular weight excluding hydrogens is 238 g/mol. The predicted octanol–water partition coefficient (Wildman–Crippen LogP) is 3.06. The highest BCUT2D eigenvalue weighted by molar-refractivity contribution is 5.49. The van der Waals surface area contributed by atoms with Crippen molar-refractivity contribution in [2.24, 2.45) is 0 Å². The Morgan fingerprint density at radius 3 is 2.68 bits per heavy atom. The van der Waals surface area contributed by atoms with Gasteiger partial charge in [-0.05, 0) is 46.5 Å². The van der Waals surface area contributed by atoms with Crippen LogP contribution in [0.2, 0.25) is 0 Å². The number of fused-ring (bicyclic) bond motifs is 1. The summed E-state index contributed by atoms with van der Waals surface area (Å²) in [5.74, 6) is 1.82. The Morgan fingerprint density at radius 1 is 1.21 bits per heavy atom. The van der Waals surface area contributed by atoms with Crippen LogP contribution in [0.3, 0.4) is 0 Å². The summed E-state index contributed by atoms with van der Waals surface area (Å²) in [6, 6.07) is 0. The summed E-state index contributed by atoms with van der Waals surface area (Å²) in [4.78, 5) is 9.46. The molecule has 4 nitrogen and oxygen atoms in total. The summed E-state index contributed by atoms with van der Waals surface area (Å²) in [6.07, 6.45) is 4.44. The van der Waals surface area contributed by atoms with Crippen molar-refractivity contribution in [1.29, 1.82) is 0 Å². The molecule has 1 heterocycles. The molecule has 4 heteroatoms. The van der Waals surface area contributed by atoms with E-state index in [1.807, 2.05) is 20.8 Å².